The summed E-state index contributed by atoms with van der Waals surface area (Å²) in [6, 6.07) is 4.31. The van der Waals surface area contributed by atoms with Crippen LogP contribution >= 0.6 is 0 Å². The number of carbonyl (C=O) groups is 3. The third-order valence-electron chi connectivity index (χ3n) is 3.77. The fourth-order valence-electron chi connectivity index (χ4n) is 2.71. The van der Waals surface area contributed by atoms with Gasteiger partial charge in [-0.2, -0.15) is 0 Å². The molecule has 2 heterocycles. The zero-order valence-corrected chi connectivity index (χ0v) is 11.3. The first-order chi connectivity index (χ1) is 10.0. The second kappa shape index (κ2) is 5.08. The van der Waals surface area contributed by atoms with Crippen LogP contribution < -0.4 is 15.5 Å². The minimum absolute atomic E-state index is 0.0618. The van der Waals surface area contributed by atoms with Crippen LogP contribution in [0.2, 0.25) is 0 Å². The summed E-state index contributed by atoms with van der Waals surface area (Å²) in [4.78, 5) is 35.9. The zero-order chi connectivity index (χ0) is 15.0. The number of aromatic carboxylic acids is 1. The topological polar surface area (TPSA) is 98.7 Å². The predicted octanol–water partition coefficient (Wildman–Crippen LogP) is 0.345. The van der Waals surface area contributed by atoms with Crippen molar-refractivity contribution in [3.05, 3.63) is 29.3 Å². The second-order valence-electron chi connectivity index (χ2n) is 5.20. The van der Waals surface area contributed by atoms with E-state index in [-0.39, 0.29) is 23.5 Å². The largest absolute Gasteiger partial charge is 0.478 e. The number of fused-ring (bicyclic) bond motifs is 1. The van der Waals surface area contributed by atoms with Crippen LogP contribution in [0.25, 0.3) is 0 Å². The van der Waals surface area contributed by atoms with E-state index in [1.807, 2.05) is 0 Å². The third-order valence-corrected chi connectivity index (χ3v) is 3.77. The number of anilines is 1. The molecule has 7 nitrogen and oxygen atoms in total. The SMILES string of the molecule is O=C1CC(NC(=O)N2CCc3cc(C(=O)O)ccc32)CN1. The minimum atomic E-state index is -0.976. The summed E-state index contributed by atoms with van der Waals surface area (Å²) in [6.45, 7) is 0.960. The second-order valence-corrected chi connectivity index (χ2v) is 5.20. The van der Waals surface area contributed by atoms with Gasteiger partial charge in [-0.3, -0.25) is 9.69 Å². The Kier molecular flexibility index (Phi) is 3.25. The molecular formula is C14H15N3O4. The number of nitrogens with one attached hydrogen (secondary N) is 2. The number of carbonyl (C=O) groups excluding carboxylic acids is 2. The number of amides is 3. The van der Waals surface area contributed by atoms with Gasteiger partial charge in [0.25, 0.3) is 0 Å². The number of rotatable bonds is 2. The highest BCUT2D eigenvalue weighted by atomic mass is 16.4. The van der Waals surface area contributed by atoms with Crippen LogP contribution in [0.1, 0.15) is 22.3 Å². The summed E-state index contributed by atoms with van der Waals surface area (Å²) >= 11 is 0. The molecule has 3 rings (SSSR count). The van der Waals surface area contributed by atoms with Crippen LogP contribution in [-0.2, 0) is 11.2 Å². The molecule has 0 spiro atoms. The van der Waals surface area contributed by atoms with Crippen LogP contribution in [0, 0.1) is 0 Å². The molecule has 0 saturated carbocycles. The van der Waals surface area contributed by atoms with Gasteiger partial charge in [-0.1, -0.05) is 0 Å². The Morgan fingerprint density at radius 3 is 2.86 bits per heavy atom. The zero-order valence-electron chi connectivity index (χ0n) is 11.3. The molecule has 110 valence electrons. The molecule has 1 aromatic rings. The molecule has 0 bridgehead atoms. The van der Waals surface area contributed by atoms with Crippen molar-refractivity contribution in [1.29, 1.82) is 0 Å². The van der Waals surface area contributed by atoms with E-state index in [0.717, 1.165) is 11.3 Å². The van der Waals surface area contributed by atoms with Crippen molar-refractivity contribution in [3.63, 3.8) is 0 Å². The quantitative estimate of drug-likeness (QED) is 0.731. The van der Waals surface area contributed by atoms with Gasteiger partial charge in [-0.15, -0.1) is 0 Å². The lowest BCUT2D eigenvalue weighted by molar-refractivity contribution is -0.119. The maximum absolute atomic E-state index is 12.2. The van der Waals surface area contributed by atoms with Gasteiger partial charge in [0.05, 0.1) is 11.6 Å². The first kappa shape index (κ1) is 13.4. The van der Waals surface area contributed by atoms with Crippen LogP contribution in [0.5, 0.6) is 0 Å². The molecule has 0 radical (unpaired) electrons. The van der Waals surface area contributed by atoms with Crippen LogP contribution in [0.3, 0.4) is 0 Å². The Bertz CT molecular complexity index is 629. The molecule has 1 atom stereocenters. The molecule has 1 saturated heterocycles. The molecule has 1 fully saturated rings. The third kappa shape index (κ3) is 2.54. The molecule has 1 unspecified atom stereocenters. The summed E-state index contributed by atoms with van der Waals surface area (Å²) in [5.74, 6) is -1.04. The van der Waals surface area contributed by atoms with Gasteiger partial charge in [0.2, 0.25) is 5.91 Å². The van der Waals surface area contributed by atoms with Gasteiger partial charge in [-0.05, 0) is 30.2 Å². The molecule has 3 amide bonds. The molecule has 21 heavy (non-hydrogen) atoms. The molecule has 2 aliphatic rings. The summed E-state index contributed by atoms with van der Waals surface area (Å²) in [7, 11) is 0. The van der Waals surface area contributed by atoms with E-state index < -0.39 is 5.97 Å². The summed E-state index contributed by atoms with van der Waals surface area (Å²) in [5, 5.41) is 14.5. The van der Waals surface area contributed by atoms with Crippen molar-refractivity contribution >= 4 is 23.6 Å². The maximum atomic E-state index is 12.2. The van der Waals surface area contributed by atoms with Gasteiger partial charge >= 0.3 is 12.0 Å². The summed E-state index contributed by atoms with van der Waals surface area (Å²) < 4.78 is 0. The fraction of sp³-hybridized carbons (Fsp3) is 0.357. The number of nitrogens with zero attached hydrogens (tertiary/aromatic N) is 1. The van der Waals surface area contributed by atoms with E-state index in [9.17, 15) is 14.4 Å². The van der Waals surface area contributed by atoms with Gasteiger partial charge in [0, 0.05) is 25.2 Å². The Labute approximate surface area is 120 Å². The molecule has 0 aromatic heterocycles. The first-order valence-electron chi connectivity index (χ1n) is 6.75. The normalized spacial score (nSPS) is 20.1. The highest BCUT2D eigenvalue weighted by molar-refractivity contribution is 5.96. The molecule has 0 aliphatic carbocycles. The van der Waals surface area contributed by atoms with Crippen LogP contribution in [0.4, 0.5) is 10.5 Å². The first-order valence-corrected chi connectivity index (χ1v) is 6.75. The lowest BCUT2D eigenvalue weighted by Gasteiger charge is -2.20. The van der Waals surface area contributed by atoms with E-state index in [1.165, 1.54) is 6.07 Å². The Morgan fingerprint density at radius 2 is 2.19 bits per heavy atom. The van der Waals surface area contributed by atoms with E-state index >= 15 is 0 Å². The van der Waals surface area contributed by atoms with Gasteiger partial charge < -0.3 is 15.7 Å². The van der Waals surface area contributed by atoms with Crippen molar-refractivity contribution in [2.75, 3.05) is 18.0 Å². The molecular weight excluding hydrogens is 274 g/mol. The van der Waals surface area contributed by atoms with E-state index in [4.69, 9.17) is 5.11 Å². The van der Waals surface area contributed by atoms with Crippen molar-refractivity contribution in [3.8, 4) is 0 Å². The van der Waals surface area contributed by atoms with Crippen LogP contribution in [-0.4, -0.2) is 42.1 Å². The lowest BCUT2D eigenvalue weighted by atomic mass is 10.1. The Balaban J connectivity index is 1.73. The van der Waals surface area contributed by atoms with Gasteiger partial charge in [-0.25, -0.2) is 9.59 Å². The number of urea groups is 1. The standard InChI is InChI=1S/C14H15N3O4/c18-12-6-10(7-15-12)16-14(21)17-4-3-8-5-9(13(19)20)1-2-11(8)17/h1-2,5,10H,3-4,6-7H2,(H,15,18)(H,16,21)(H,19,20). The van der Waals surface area contributed by atoms with Gasteiger partial charge in [0.15, 0.2) is 0 Å². The highest BCUT2D eigenvalue weighted by Crippen LogP contribution is 2.29. The number of carboxylic acid groups (broad SMARTS) is 1. The minimum Gasteiger partial charge on any atom is -0.478 e. The average Bonchev–Trinajstić information content (AvgIpc) is 3.04. The van der Waals surface area contributed by atoms with Crippen molar-refractivity contribution in [2.45, 2.75) is 18.9 Å². The van der Waals surface area contributed by atoms with E-state index in [2.05, 4.69) is 10.6 Å². The molecule has 3 N–H and O–H groups in total. The Morgan fingerprint density at radius 1 is 1.38 bits per heavy atom. The van der Waals surface area contributed by atoms with Crippen LogP contribution in [0.15, 0.2) is 18.2 Å². The van der Waals surface area contributed by atoms with Crippen molar-refractivity contribution in [2.24, 2.45) is 0 Å². The maximum Gasteiger partial charge on any atom is 0.335 e. The van der Waals surface area contributed by atoms with E-state index in [1.54, 1.807) is 17.0 Å². The molecule has 2 aliphatic heterocycles. The number of hydrogen-bond acceptors (Lipinski definition) is 3. The average molecular weight is 289 g/mol. The van der Waals surface area contributed by atoms with Crippen molar-refractivity contribution in [1.82, 2.24) is 10.6 Å². The monoisotopic (exact) mass is 289 g/mol. The smallest absolute Gasteiger partial charge is 0.335 e. The number of benzene rings is 1. The molecule has 1 aromatic carbocycles. The number of hydrogen-bond donors (Lipinski definition) is 3. The highest BCUT2D eigenvalue weighted by Gasteiger charge is 2.29. The summed E-state index contributed by atoms with van der Waals surface area (Å²) in [5.41, 5.74) is 1.81. The van der Waals surface area contributed by atoms with Gasteiger partial charge in [0.1, 0.15) is 0 Å². The van der Waals surface area contributed by atoms with E-state index in [0.29, 0.717) is 25.9 Å². The van der Waals surface area contributed by atoms with Crippen molar-refractivity contribution < 1.29 is 19.5 Å². The molecule has 7 heteroatoms. The predicted molar refractivity (Wildman–Crippen MR) is 74.4 cm³/mol. The summed E-state index contributed by atoms with van der Waals surface area (Å²) in [6.07, 6.45) is 0.927. The Hall–Kier alpha value is -2.57. The fourth-order valence-corrected chi connectivity index (χ4v) is 2.71. The number of carboxylic acids is 1. The lowest BCUT2D eigenvalue weighted by Crippen LogP contribution is -2.45.